The minimum Gasteiger partial charge on any atom is -0.504 e. The van der Waals surface area contributed by atoms with Crippen molar-refractivity contribution in [2.75, 3.05) is 44.8 Å². The number of esters is 2. The van der Waals surface area contributed by atoms with Crippen LogP contribution in [0.1, 0.15) is 40.0 Å². The van der Waals surface area contributed by atoms with Gasteiger partial charge in [-0.15, -0.1) is 0 Å². The number of hydrogen-bond donors (Lipinski definition) is 2. The number of carbonyl (C=O) groups excluding carboxylic acids is 3. The molecule has 0 aromatic heterocycles. The lowest BCUT2D eigenvalue weighted by Gasteiger charge is -2.54. The van der Waals surface area contributed by atoms with E-state index in [1.54, 1.807) is 6.20 Å². The van der Waals surface area contributed by atoms with Gasteiger partial charge in [-0.3, -0.25) is 9.59 Å². The molecule has 2 aliphatic heterocycles. The molecule has 10 nitrogen and oxygen atoms in total. The number of para-hydroxylation sites is 1. The summed E-state index contributed by atoms with van der Waals surface area (Å²) in [6.45, 7) is 7.75. The Labute approximate surface area is 251 Å². The molecule has 2 heterocycles. The molecule has 2 saturated heterocycles. The third-order valence-corrected chi connectivity index (χ3v) is 10.4. The Hall–Kier alpha value is -3.63. The summed E-state index contributed by atoms with van der Waals surface area (Å²) in [6, 6.07) is 10.1. The van der Waals surface area contributed by atoms with Crippen LogP contribution < -0.4 is 4.90 Å². The van der Waals surface area contributed by atoms with Crippen molar-refractivity contribution in [3.63, 3.8) is 0 Å². The lowest BCUT2D eigenvalue weighted by atomic mass is 9.53. The number of methoxy groups -OCH3 is 1. The summed E-state index contributed by atoms with van der Waals surface area (Å²) < 4.78 is 17.4. The Bertz CT molecular complexity index is 1430. The zero-order chi connectivity index (χ0) is 30.7. The molecule has 0 radical (unpaired) electrons. The Kier molecular flexibility index (Phi) is 7.41. The van der Waals surface area contributed by atoms with E-state index in [4.69, 9.17) is 14.2 Å². The molecule has 5 aliphatic rings. The van der Waals surface area contributed by atoms with Gasteiger partial charge in [-0.25, -0.2) is 4.79 Å². The number of hydrogen-bond acceptors (Lipinski definition) is 10. The van der Waals surface area contributed by atoms with Gasteiger partial charge in [0.25, 0.3) is 0 Å². The first-order valence-electron chi connectivity index (χ1n) is 15.0. The lowest BCUT2D eigenvalue weighted by Crippen LogP contribution is -2.57. The van der Waals surface area contributed by atoms with Crippen molar-refractivity contribution in [3.05, 3.63) is 64.6 Å². The molecule has 1 aromatic carbocycles. The SMILES string of the molecule is COC[C@H]1OC(=O)/C(=C/N2CCN(c3ccccc3)CC2)C2=C(O)C(=O)C3=C([C@H](OC(C)=O)C[C@]4(C)[C@@H](O)CC[C@@H]34)[C@]21C. The first-order valence-corrected chi connectivity index (χ1v) is 15.0. The minimum atomic E-state index is -1.22. The molecule has 3 aliphatic carbocycles. The van der Waals surface area contributed by atoms with Crippen LogP contribution >= 0.6 is 0 Å². The first-order chi connectivity index (χ1) is 20.5. The highest BCUT2D eigenvalue weighted by Crippen LogP contribution is 2.63. The fourth-order valence-electron chi connectivity index (χ4n) is 8.20. The van der Waals surface area contributed by atoms with E-state index >= 15 is 0 Å². The Morgan fingerprint density at radius 1 is 1.12 bits per heavy atom. The lowest BCUT2D eigenvalue weighted by molar-refractivity contribution is -0.161. The van der Waals surface area contributed by atoms with E-state index in [0.29, 0.717) is 43.5 Å². The molecule has 0 bridgehead atoms. The van der Waals surface area contributed by atoms with E-state index in [-0.39, 0.29) is 23.7 Å². The Balaban J connectivity index is 1.44. The highest BCUT2D eigenvalue weighted by atomic mass is 16.6. The summed E-state index contributed by atoms with van der Waals surface area (Å²) in [5, 5.41) is 22.7. The predicted molar refractivity (Wildman–Crippen MR) is 157 cm³/mol. The third-order valence-electron chi connectivity index (χ3n) is 10.4. The molecular weight excluding hydrogens is 552 g/mol. The highest BCUT2D eigenvalue weighted by Gasteiger charge is 2.64. The number of aliphatic hydroxyl groups excluding tert-OH is 2. The Morgan fingerprint density at radius 3 is 2.47 bits per heavy atom. The van der Waals surface area contributed by atoms with Gasteiger partial charge in [-0.2, -0.15) is 0 Å². The fourth-order valence-corrected chi connectivity index (χ4v) is 8.20. The van der Waals surface area contributed by atoms with Crippen molar-refractivity contribution in [3.8, 4) is 0 Å². The summed E-state index contributed by atoms with van der Waals surface area (Å²) in [7, 11) is 1.50. The van der Waals surface area contributed by atoms with Crippen molar-refractivity contribution in [1.29, 1.82) is 0 Å². The molecule has 0 unspecified atom stereocenters. The van der Waals surface area contributed by atoms with Gasteiger partial charge < -0.3 is 34.2 Å². The van der Waals surface area contributed by atoms with Crippen LogP contribution in [0.5, 0.6) is 0 Å². The average Bonchev–Trinajstić information content (AvgIpc) is 3.27. The van der Waals surface area contributed by atoms with Gasteiger partial charge in [0, 0.05) is 68.7 Å². The Morgan fingerprint density at radius 2 is 1.81 bits per heavy atom. The van der Waals surface area contributed by atoms with Gasteiger partial charge in [0.15, 0.2) is 5.76 Å². The van der Waals surface area contributed by atoms with Gasteiger partial charge in [-0.05, 0) is 49.8 Å². The molecule has 6 atom stereocenters. The summed E-state index contributed by atoms with van der Waals surface area (Å²) in [5.41, 5.74) is 0.367. The molecule has 1 saturated carbocycles. The van der Waals surface area contributed by atoms with Crippen LogP contribution in [0.25, 0.3) is 0 Å². The third kappa shape index (κ3) is 4.57. The second kappa shape index (κ2) is 10.8. The largest absolute Gasteiger partial charge is 0.504 e. The van der Waals surface area contributed by atoms with E-state index in [1.165, 1.54) is 14.0 Å². The van der Waals surface area contributed by atoms with E-state index in [2.05, 4.69) is 17.0 Å². The minimum absolute atomic E-state index is 0.00434. The molecule has 0 spiro atoms. The first kappa shape index (κ1) is 29.4. The van der Waals surface area contributed by atoms with Crippen LogP contribution in [0, 0.1) is 16.7 Å². The number of ketones is 1. The molecule has 3 fully saturated rings. The maximum absolute atomic E-state index is 14.2. The standard InChI is InChI=1S/C33H40N2O8/c1-19(36)42-23-16-32(2)22(10-11-24(32)37)26-28(23)33(3)25(18-41-4)43-31(40)21(27(33)30(39)29(26)38)17-34-12-14-35(15-13-34)20-8-6-5-7-9-20/h5-9,17,22-25,37,39H,10-16,18H2,1-4H3/b21-17+/t22-,23+,24-,25+,32-,33-/m0/s1. The number of anilines is 1. The fraction of sp³-hybridized carbons (Fsp3) is 0.545. The number of benzene rings is 1. The smallest absolute Gasteiger partial charge is 0.340 e. The normalized spacial score (nSPS) is 35.0. The zero-order valence-electron chi connectivity index (χ0n) is 25.2. The van der Waals surface area contributed by atoms with Crippen LogP contribution in [0.2, 0.25) is 0 Å². The number of piperazine rings is 1. The number of Topliss-reactive ketones (excluding diaryl/α,β-unsaturated/α-hetero) is 1. The van der Waals surface area contributed by atoms with Crippen molar-refractivity contribution < 1.29 is 38.8 Å². The van der Waals surface area contributed by atoms with E-state index in [9.17, 15) is 24.6 Å². The topological polar surface area (TPSA) is 126 Å². The highest BCUT2D eigenvalue weighted by molar-refractivity contribution is 6.13. The molecule has 43 heavy (non-hydrogen) atoms. The van der Waals surface area contributed by atoms with Crippen LogP contribution in [0.4, 0.5) is 5.69 Å². The van der Waals surface area contributed by atoms with Crippen LogP contribution in [0.3, 0.4) is 0 Å². The van der Waals surface area contributed by atoms with E-state index < -0.39 is 52.6 Å². The molecule has 0 amide bonds. The number of aliphatic hydroxyl groups is 2. The summed E-state index contributed by atoms with van der Waals surface area (Å²) in [5.74, 6) is -2.61. The zero-order valence-corrected chi connectivity index (χ0v) is 25.2. The van der Waals surface area contributed by atoms with Gasteiger partial charge >= 0.3 is 11.9 Å². The van der Waals surface area contributed by atoms with Gasteiger partial charge in [0.1, 0.15) is 12.2 Å². The molecule has 1 aromatic rings. The van der Waals surface area contributed by atoms with E-state index in [0.717, 1.165) is 18.8 Å². The van der Waals surface area contributed by atoms with Crippen molar-refractivity contribution >= 4 is 23.4 Å². The number of nitrogens with zero attached hydrogens (tertiary/aromatic N) is 2. The molecule has 2 N–H and O–H groups in total. The predicted octanol–water partition coefficient (Wildman–Crippen LogP) is 3.07. The number of allylic oxidation sites excluding steroid dienone is 1. The van der Waals surface area contributed by atoms with Gasteiger partial charge in [0.2, 0.25) is 5.78 Å². The molecule has 10 heteroatoms. The summed E-state index contributed by atoms with van der Waals surface area (Å²) >= 11 is 0. The van der Waals surface area contributed by atoms with Crippen LogP contribution in [0.15, 0.2) is 64.6 Å². The molecule has 6 rings (SSSR count). The number of fused-ring (bicyclic) bond motifs is 4. The molecule has 230 valence electrons. The maximum Gasteiger partial charge on any atom is 0.340 e. The van der Waals surface area contributed by atoms with Gasteiger partial charge in [-0.1, -0.05) is 25.1 Å². The number of cyclic esters (lactones) is 1. The summed E-state index contributed by atoms with van der Waals surface area (Å²) in [6.07, 6.45) is 0.610. The average molecular weight is 593 g/mol. The summed E-state index contributed by atoms with van der Waals surface area (Å²) in [4.78, 5) is 44.5. The van der Waals surface area contributed by atoms with Crippen LogP contribution in [-0.4, -0.2) is 91.0 Å². The number of ether oxygens (including phenoxy) is 3. The van der Waals surface area contributed by atoms with Crippen LogP contribution in [-0.2, 0) is 28.6 Å². The molecular formula is C33H40N2O8. The van der Waals surface area contributed by atoms with E-state index in [1.807, 2.05) is 36.9 Å². The quantitative estimate of drug-likeness (QED) is 0.389. The number of rotatable bonds is 5. The maximum atomic E-state index is 14.2. The monoisotopic (exact) mass is 592 g/mol. The second-order valence-corrected chi connectivity index (χ2v) is 12.8. The van der Waals surface area contributed by atoms with Crippen molar-refractivity contribution in [2.45, 2.75) is 58.3 Å². The van der Waals surface area contributed by atoms with Crippen molar-refractivity contribution in [1.82, 2.24) is 4.90 Å². The van der Waals surface area contributed by atoms with Crippen molar-refractivity contribution in [2.24, 2.45) is 16.7 Å². The number of carbonyl (C=O) groups is 3. The second-order valence-electron chi connectivity index (χ2n) is 12.8. The van der Waals surface area contributed by atoms with Gasteiger partial charge in [0.05, 0.1) is 23.7 Å².